The number of sulfonamides is 1. The molecule has 0 spiro atoms. The summed E-state index contributed by atoms with van der Waals surface area (Å²) in [5.41, 5.74) is 0.784. The first kappa shape index (κ1) is 22.9. The van der Waals surface area contributed by atoms with Gasteiger partial charge in [-0.3, -0.25) is 14.9 Å². The summed E-state index contributed by atoms with van der Waals surface area (Å²) < 4.78 is 27.0. The molecule has 9 nitrogen and oxygen atoms in total. The Labute approximate surface area is 181 Å². The van der Waals surface area contributed by atoms with Gasteiger partial charge in [0.15, 0.2) is 0 Å². The number of hydrogen-bond donors (Lipinski definition) is 1. The molecule has 1 fully saturated rings. The van der Waals surface area contributed by atoms with Gasteiger partial charge in [0.25, 0.3) is 5.69 Å². The Morgan fingerprint density at radius 3 is 2.42 bits per heavy atom. The first-order valence-electron chi connectivity index (χ1n) is 10.1. The first-order valence-corrected chi connectivity index (χ1v) is 11.5. The van der Waals surface area contributed by atoms with E-state index in [0.29, 0.717) is 26.1 Å². The number of nitro benzene ring substituents is 1. The van der Waals surface area contributed by atoms with E-state index in [9.17, 15) is 23.3 Å². The Morgan fingerprint density at radius 2 is 1.77 bits per heavy atom. The molecule has 1 aliphatic rings. The Balaban J connectivity index is 1.48. The zero-order chi connectivity index (χ0) is 22.4. The number of nitrogens with zero attached hydrogens (tertiary/aromatic N) is 3. The summed E-state index contributed by atoms with van der Waals surface area (Å²) in [6.07, 6.45) is 0.328. The molecule has 0 radical (unpaired) electrons. The van der Waals surface area contributed by atoms with Gasteiger partial charge in [-0.15, -0.1) is 0 Å². The molecule has 166 valence electrons. The van der Waals surface area contributed by atoms with Gasteiger partial charge >= 0.3 is 0 Å². The van der Waals surface area contributed by atoms with Crippen LogP contribution in [0.3, 0.4) is 0 Å². The van der Waals surface area contributed by atoms with Crippen LogP contribution in [0.4, 0.5) is 5.69 Å². The van der Waals surface area contributed by atoms with Gasteiger partial charge in [0, 0.05) is 51.3 Å². The van der Waals surface area contributed by atoms with E-state index in [1.807, 2.05) is 42.2 Å². The van der Waals surface area contributed by atoms with Gasteiger partial charge in [-0.2, -0.15) is 4.31 Å². The summed E-state index contributed by atoms with van der Waals surface area (Å²) in [7, 11) is -3.80. The summed E-state index contributed by atoms with van der Waals surface area (Å²) in [5, 5.41) is 13.9. The van der Waals surface area contributed by atoms with Crippen molar-refractivity contribution in [2.45, 2.75) is 24.3 Å². The van der Waals surface area contributed by atoms with E-state index in [1.165, 1.54) is 22.5 Å². The summed E-state index contributed by atoms with van der Waals surface area (Å²) in [5.74, 6) is -0.0528. The van der Waals surface area contributed by atoms with E-state index in [0.717, 1.165) is 11.6 Å². The van der Waals surface area contributed by atoms with Gasteiger partial charge in [-0.1, -0.05) is 36.4 Å². The lowest BCUT2D eigenvalue weighted by atomic mass is 10.1. The van der Waals surface area contributed by atoms with Crippen molar-refractivity contribution in [3.8, 4) is 0 Å². The molecule has 3 rings (SSSR count). The molecule has 0 bridgehead atoms. The second kappa shape index (κ2) is 9.99. The number of hydrogen-bond acceptors (Lipinski definition) is 6. The van der Waals surface area contributed by atoms with Crippen LogP contribution in [-0.2, 0) is 14.8 Å². The SMILES string of the molecule is CC(NC(=O)CCN1CCN(S(=O)(=O)c2cccc([N+](=O)[O-])c2)CC1)c1ccccc1. The summed E-state index contributed by atoms with van der Waals surface area (Å²) in [4.78, 5) is 24.6. The third-order valence-electron chi connectivity index (χ3n) is 5.33. The van der Waals surface area contributed by atoms with Crippen molar-refractivity contribution in [1.82, 2.24) is 14.5 Å². The van der Waals surface area contributed by atoms with Crippen molar-refractivity contribution >= 4 is 21.6 Å². The molecule has 1 saturated heterocycles. The third kappa shape index (κ3) is 5.87. The number of non-ortho nitro benzene ring substituents is 1. The lowest BCUT2D eigenvalue weighted by molar-refractivity contribution is -0.385. The van der Waals surface area contributed by atoms with E-state index < -0.39 is 14.9 Å². The van der Waals surface area contributed by atoms with Crippen molar-refractivity contribution in [1.29, 1.82) is 0 Å². The molecule has 1 atom stereocenters. The second-order valence-corrected chi connectivity index (χ2v) is 9.39. The van der Waals surface area contributed by atoms with Gasteiger partial charge in [-0.05, 0) is 18.6 Å². The summed E-state index contributed by atoms with van der Waals surface area (Å²) in [6.45, 7) is 4.01. The van der Waals surface area contributed by atoms with Gasteiger partial charge in [-0.25, -0.2) is 8.42 Å². The van der Waals surface area contributed by atoms with Crippen LogP contribution < -0.4 is 5.32 Å². The highest BCUT2D eigenvalue weighted by molar-refractivity contribution is 7.89. The molecule has 1 N–H and O–H groups in total. The zero-order valence-electron chi connectivity index (χ0n) is 17.3. The lowest BCUT2D eigenvalue weighted by Gasteiger charge is -2.33. The zero-order valence-corrected chi connectivity index (χ0v) is 18.1. The minimum atomic E-state index is -3.80. The first-order chi connectivity index (χ1) is 14.8. The van der Waals surface area contributed by atoms with Crippen molar-refractivity contribution in [3.05, 3.63) is 70.3 Å². The average molecular weight is 447 g/mol. The van der Waals surface area contributed by atoms with E-state index in [4.69, 9.17) is 0 Å². The molecular formula is C21H26N4O5S. The Hall–Kier alpha value is -2.82. The maximum atomic E-state index is 12.8. The molecule has 1 aliphatic heterocycles. The highest BCUT2D eigenvalue weighted by Gasteiger charge is 2.29. The van der Waals surface area contributed by atoms with Crippen LogP contribution in [0.5, 0.6) is 0 Å². The lowest BCUT2D eigenvalue weighted by Crippen LogP contribution is -2.49. The monoisotopic (exact) mass is 446 g/mol. The van der Waals surface area contributed by atoms with Crippen molar-refractivity contribution in [3.63, 3.8) is 0 Å². The highest BCUT2D eigenvalue weighted by atomic mass is 32.2. The minimum Gasteiger partial charge on any atom is -0.350 e. The fourth-order valence-corrected chi connectivity index (χ4v) is 4.96. The number of nitro groups is 1. The van der Waals surface area contributed by atoms with Crippen LogP contribution in [0.15, 0.2) is 59.5 Å². The average Bonchev–Trinajstić information content (AvgIpc) is 2.78. The highest BCUT2D eigenvalue weighted by Crippen LogP contribution is 2.22. The van der Waals surface area contributed by atoms with Gasteiger partial charge in [0.05, 0.1) is 15.9 Å². The smallest absolute Gasteiger partial charge is 0.270 e. The quantitative estimate of drug-likeness (QED) is 0.491. The van der Waals surface area contributed by atoms with Crippen LogP contribution >= 0.6 is 0 Å². The number of carbonyl (C=O) groups is 1. The summed E-state index contributed by atoms with van der Waals surface area (Å²) >= 11 is 0. The van der Waals surface area contributed by atoms with Gasteiger partial charge in [0.2, 0.25) is 15.9 Å². The van der Waals surface area contributed by atoms with E-state index in [1.54, 1.807) is 0 Å². The predicted molar refractivity (Wildman–Crippen MR) is 116 cm³/mol. The van der Waals surface area contributed by atoms with E-state index in [-0.39, 0.29) is 35.6 Å². The number of benzene rings is 2. The van der Waals surface area contributed by atoms with Crippen LogP contribution in [0.2, 0.25) is 0 Å². The topological polar surface area (TPSA) is 113 Å². The second-order valence-electron chi connectivity index (χ2n) is 7.45. The number of nitrogens with one attached hydrogen (secondary N) is 1. The normalized spacial score (nSPS) is 16.5. The Morgan fingerprint density at radius 1 is 1.10 bits per heavy atom. The molecule has 1 heterocycles. The fraction of sp³-hybridized carbons (Fsp3) is 0.381. The molecule has 10 heteroatoms. The van der Waals surface area contributed by atoms with E-state index >= 15 is 0 Å². The maximum Gasteiger partial charge on any atom is 0.270 e. The van der Waals surface area contributed by atoms with E-state index in [2.05, 4.69) is 5.32 Å². The van der Waals surface area contributed by atoms with Crippen LogP contribution in [-0.4, -0.2) is 61.2 Å². The largest absolute Gasteiger partial charge is 0.350 e. The molecule has 2 aromatic carbocycles. The molecule has 0 aliphatic carbocycles. The molecule has 0 aromatic heterocycles. The molecule has 1 amide bonds. The van der Waals surface area contributed by atoms with Crippen LogP contribution in [0.25, 0.3) is 0 Å². The van der Waals surface area contributed by atoms with Crippen molar-refractivity contribution in [2.24, 2.45) is 0 Å². The molecule has 0 saturated carbocycles. The van der Waals surface area contributed by atoms with Gasteiger partial charge < -0.3 is 10.2 Å². The Bertz CT molecular complexity index is 1020. The number of carbonyl (C=O) groups excluding carboxylic acids is 1. The number of amides is 1. The third-order valence-corrected chi connectivity index (χ3v) is 7.22. The predicted octanol–water partition coefficient (Wildman–Crippen LogP) is 2.17. The maximum absolute atomic E-state index is 12.8. The number of rotatable bonds is 8. The van der Waals surface area contributed by atoms with Crippen LogP contribution in [0.1, 0.15) is 24.9 Å². The molecule has 2 aromatic rings. The summed E-state index contributed by atoms with van der Waals surface area (Å²) in [6, 6.07) is 14.7. The van der Waals surface area contributed by atoms with Crippen LogP contribution in [0, 0.1) is 10.1 Å². The fourth-order valence-electron chi connectivity index (χ4n) is 3.50. The minimum absolute atomic E-state index is 0.0528. The number of piperazine rings is 1. The molecule has 31 heavy (non-hydrogen) atoms. The van der Waals surface area contributed by atoms with Crippen molar-refractivity contribution in [2.75, 3.05) is 32.7 Å². The Kier molecular flexibility index (Phi) is 7.37. The molecule has 1 unspecified atom stereocenters. The van der Waals surface area contributed by atoms with Gasteiger partial charge in [0.1, 0.15) is 0 Å². The standard InChI is InChI=1S/C21H26N4O5S/c1-17(18-6-3-2-4-7-18)22-21(26)10-11-23-12-14-24(15-13-23)31(29,30)20-9-5-8-19(16-20)25(27)28/h2-9,16-17H,10-15H2,1H3,(H,22,26). The molecular weight excluding hydrogens is 420 g/mol. The van der Waals surface area contributed by atoms with Crippen molar-refractivity contribution < 1.29 is 18.1 Å².